The van der Waals surface area contributed by atoms with Gasteiger partial charge in [0, 0.05) is 16.5 Å². The van der Waals surface area contributed by atoms with E-state index >= 15 is 13.2 Å². The van der Waals surface area contributed by atoms with Gasteiger partial charge in [-0.3, -0.25) is 0 Å². The van der Waals surface area contributed by atoms with E-state index in [0.717, 1.165) is 79.2 Å². The minimum atomic E-state index is -0.954. The van der Waals surface area contributed by atoms with Gasteiger partial charge < -0.3 is 4.74 Å². The highest BCUT2D eigenvalue weighted by Crippen LogP contribution is 2.56. The number of benzene rings is 5. The molecule has 0 spiro atoms. The van der Waals surface area contributed by atoms with E-state index in [1.165, 1.54) is 74.1 Å². The third-order valence-electron chi connectivity index (χ3n) is 12.0. The Morgan fingerprint density at radius 1 is 0.446 bits per heavy atom. The van der Waals surface area contributed by atoms with Gasteiger partial charge in [-0.05, 0) is 107 Å². The van der Waals surface area contributed by atoms with Crippen LogP contribution >= 0.6 is 0 Å². The molecule has 0 N–H and O–H groups in total. The zero-order chi connectivity index (χ0) is 39.5. The molecule has 0 saturated heterocycles. The molecule has 0 heterocycles. The first-order valence-electron chi connectivity index (χ1n) is 21.6. The Balaban J connectivity index is 1.43. The van der Waals surface area contributed by atoms with Crippen LogP contribution in [-0.4, -0.2) is 6.61 Å². The average molecular weight is 759 g/mol. The first-order chi connectivity index (χ1) is 27.3. The van der Waals surface area contributed by atoms with Crippen molar-refractivity contribution in [3.05, 3.63) is 125 Å². The number of hydrogen-bond donors (Lipinski definition) is 0. The van der Waals surface area contributed by atoms with Gasteiger partial charge >= 0.3 is 0 Å². The lowest BCUT2D eigenvalue weighted by atomic mass is 9.70. The zero-order valence-electron chi connectivity index (χ0n) is 34.2. The number of fused-ring (bicyclic) bond motifs is 3. The molecule has 5 aromatic rings. The van der Waals surface area contributed by atoms with Crippen molar-refractivity contribution in [3.8, 4) is 50.3 Å². The highest BCUT2D eigenvalue weighted by atomic mass is 19.2. The third-order valence-corrected chi connectivity index (χ3v) is 12.0. The van der Waals surface area contributed by atoms with Crippen molar-refractivity contribution in [2.75, 3.05) is 6.61 Å². The molecule has 6 rings (SSSR count). The predicted molar refractivity (Wildman–Crippen MR) is 230 cm³/mol. The maximum atomic E-state index is 16.2. The van der Waals surface area contributed by atoms with Crippen molar-refractivity contribution in [2.45, 2.75) is 136 Å². The first-order valence-corrected chi connectivity index (χ1v) is 21.6. The van der Waals surface area contributed by atoms with Gasteiger partial charge in [-0.2, -0.15) is 4.39 Å². The molecule has 296 valence electrons. The summed E-state index contributed by atoms with van der Waals surface area (Å²) in [7, 11) is 0. The molecule has 0 aliphatic heterocycles. The molecule has 0 fully saturated rings. The number of aryl methyl sites for hydroxylation is 1. The molecular formula is C52H61F3O. The van der Waals surface area contributed by atoms with Crippen molar-refractivity contribution in [1.29, 1.82) is 0 Å². The van der Waals surface area contributed by atoms with Crippen molar-refractivity contribution in [1.82, 2.24) is 0 Å². The van der Waals surface area contributed by atoms with E-state index < -0.39 is 11.6 Å². The molecule has 0 saturated carbocycles. The number of halogens is 3. The van der Waals surface area contributed by atoms with E-state index in [4.69, 9.17) is 4.74 Å². The lowest BCUT2D eigenvalue weighted by Gasteiger charge is -2.33. The lowest BCUT2D eigenvalue weighted by molar-refractivity contribution is 0.314. The number of rotatable bonds is 21. The predicted octanol–water partition coefficient (Wildman–Crippen LogP) is 16.2. The molecule has 1 aliphatic carbocycles. The molecule has 0 aromatic heterocycles. The van der Waals surface area contributed by atoms with Gasteiger partial charge in [0.25, 0.3) is 0 Å². The molecule has 0 unspecified atom stereocenters. The highest BCUT2D eigenvalue weighted by Gasteiger charge is 2.43. The van der Waals surface area contributed by atoms with Crippen molar-refractivity contribution in [2.24, 2.45) is 0 Å². The summed E-state index contributed by atoms with van der Waals surface area (Å²) in [6.45, 7) is 8.69. The summed E-state index contributed by atoms with van der Waals surface area (Å²) in [6.07, 6.45) is 18.3. The van der Waals surface area contributed by atoms with Crippen LogP contribution in [0.4, 0.5) is 13.2 Å². The summed E-state index contributed by atoms with van der Waals surface area (Å²) < 4.78 is 52.6. The van der Waals surface area contributed by atoms with Gasteiger partial charge in [0.05, 0.1) is 6.61 Å². The van der Waals surface area contributed by atoms with Crippen LogP contribution < -0.4 is 4.74 Å². The molecule has 0 atom stereocenters. The fourth-order valence-electron chi connectivity index (χ4n) is 9.01. The Bertz CT molecular complexity index is 2030. The highest BCUT2D eigenvalue weighted by molar-refractivity contribution is 5.86. The van der Waals surface area contributed by atoms with Gasteiger partial charge in [-0.15, -0.1) is 0 Å². The van der Waals surface area contributed by atoms with Crippen LogP contribution in [0.2, 0.25) is 0 Å². The minimum absolute atomic E-state index is 0.0690. The van der Waals surface area contributed by atoms with Gasteiger partial charge in [0.1, 0.15) is 5.82 Å². The standard InChI is InChI=1S/C52H61F3O/c1-5-9-11-13-15-17-32-52(33-18-16-14-12-10-6-2)46-34-40(42-27-24-39(36-48(42)53)38-22-20-37(19-7-3)21-23-38)25-28-44(46)45-29-26-41(35-47(45)52)43-30-31-49(56-8-4)51(55)50(43)54/h20-31,34-36H,5-19,32-33H2,1-4H3. The lowest BCUT2D eigenvalue weighted by Crippen LogP contribution is -2.25. The Morgan fingerprint density at radius 3 is 1.50 bits per heavy atom. The second kappa shape index (κ2) is 19.7. The summed E-state index contributed by atoms with van der Waals surface area (Å²) in [5, 5.41) is 0. The summed E-state index contributed by atoms with van der Waals surface area (Å²) in [5.41, 5.74) is 9.92. The zero-order valence-corrected chi connectivity index (χ0v) is 34.2. The van der Waals surface area contributed by atoms with Gasteiger partial charge in [0.15, 0.2) is 11.6 Å². The van der Waals surface area contributed by atoms with Crippen molar-refractivity contribution < 1.29 is 17.9 Å². The van der Waals surface area contributed by atoms with E-state index in [1.807, 2.05) is 18.2 Å². The molecule has 0 radical (unpaired) electrons. The van der Waals surface area contributed by atoms with Gasteiger partial charge in [0.2, 0.25) is 5.82 Å². The summed E-state index contributed by atoms with van der Waals surface area (Å²) in [6, 6.07) is 29.9. The monoisotopic (exact) mass is 758 g/mol. The molecule has 0 bridgehead atoms. The normalized spacial score (nSPS) is 12.8. The van der Waals surface area contributed by atoms with Crippen LogP contribution in [0.3, 0.4) is 0 Å². The Kier molecular flexibility index (Phi) is 14.5. The van der Waals surface area contributed by atoms with Crippen LogP contribution in [-0.2, 0) is 11.8 Å². The Hall–Kier alpha value is -4.31. The summed E-state index contributed by atoms with van der Waals surface area (Å²) >= 11 is 0. The van der Waals surface area contributed by atoms with Crippen molar-refractivity contribution >= 4 is 0 Å². The maximum Gasteiger partial charge on any atom is 0.201 e. The fraction of sp³-hybridized carbons (Fsp3) is 0.423. The average Bonchev–Trinajstić information content (AvgIpc) is 3.47. The summed E-state index contributed by atoms with van der Waals surface area (Å²) in [4.78, 5) is 0. The van der Waals surface area contributed by atoms with Gasteiger partial charge in [-0.1, -0.05) is 165 Å². The second-order valence-corrected chi connectivity index (χ2v) is 16.0. The topological polar surface area (TPSA) is 9.23 Å². The molecule has 56 heavy (non-hydrogen) atoms. The molecule has 1 aliphatic rings. The van der Waals surface area contributed by atoms with Gasteiger partial charge in [-0.25, -0.2) is 8.78 Å². The van der Waals surface area contributed by atoms with E-state index in [2.05, 4.69) is 75.4 Å². The van der Waals surface area contributed by atoms with E-state index in [-0.39, 0.29) is 29.2 Å². The Labute approximate surface area is 334 Å². The summed E-state index contributed by atoms with van der Waals surface area (Å²) in [5.74, 6) is -2.14. The molecule has 5 aromatic carbocycles. The van der Waals surface area contributed by atoms with Crippen LogP contribution in [0.25, 0.3) is 44.5 Å². The van der Waals surface area contributed by atoms with E-state index in [0.29, 0.717) is 11.1 Å². The SMILES string of the molecule is CCCCCCCCC1(CCCCCCCC)c2cc(-c3ccc(-c4ccc(CCC)cc4)cc3F)ccc2-c2ccc(-c3ccc(OCC)c(F)c3F)cc21. The quantitative estimate of drug-likeness (QED) is 0.0677. The number of unbranched alkanes of at least 4 members (excludes halogenated alkanes) is 10. The molecule has 4 heteroatoms. The fourth-order valence-corrected chi connectivity index (χ4v) is 9.01. The van der Waals surface area contributed by atoms with Crippen LogP contribution in [0.5, 0.6) is 5.75 Å². The smallest absolute Gasteiger partial charge is 0.201 e. The van der Waals surface area contributed by atoms with E-state index in [9.17, 15) is 0 Å². The van der Waals surface area contributed by atoms with Crippen LogP contribution in [0.1, 0.15) is 141 Å². The molecule has 1 nitrogen and oxygen atoms in total. The third kappa shape index (κ3) is 9.11. The molecular weight excluding hydrogens is 698 g/mol. The van der Waals surface area contributed by atoms with E-state index in [1.54, 1.807) is 19.1 Å². The number of hydrogen-bond acceptors (Lipinski definition) is 1. The van der Waals surface area contributed by atoms with Crippen LogP contribution in [0, 0.1) is 17.5 Å². The molecule has 0 amide bonds. The van der Waals surface area contributed by atoms with Crippen LogP contribution in [0.15, 0.2) is 91.0 Å². The second-order valence-electron chi connectivity index (χ2n) is 16.0. The maximum absolute atomic E-state index is 16.2. The minimum Gasteiger partial charge on any atom is -0.491 e. The van der Waals surface area contributed by atoms with Crippen molar-refractivity contribution in [3.63, 3.8) is 0 Å². The largest absolute Gasteiger partial charge is 0.491 e. The Morgan fingerprint density at radius 2 is 0.946 bits per heavy atom. The first kappa shape index (κ1) is 41.3. The number of ether oxygens (including phenoxy) is 1.